The van der Waals surface area contributed by atoms with E-state index in [1.807, 2.05) is 27.7 Å². The molecule has 1 atom stereocenters. The quantitative estimate of drug-likeness (QED) is 0.803. The van der Waals surface area contributed by atoms with Gasteiger partial charge in [-0.05, 0) is 67.6 Å². The largest absolute Gasteiger partial charge is 0.507 e. The molecule has 5 heteroatoms. The van der Waals surface area contributed by atoms with Crippen LogP contribution >= 0.6 is 0 Å². The Morgan fingerprint density at radius 1 is 1.00 bits per heavy atom. The molecule has 0 heterocycles. The fraction of sp³-hybridized carbons (Fsp3) is 0.278. The summed E-state index contributed by atoms with van der Waals surface area (Å²) in [5.41, 5.74) is 9.29. The van der Waals surface area contributed by atoms with Crippen LogP contribution in [0.1, 0.15) is 33.9 Å². The summed E-state index contributed by atoms with van der Waals surface area (Å²) in [4.78, 5) is 11.0. The number of nitrogens with two attached hydrogens (primary N) is 1. The lowest BCUT2D eigenvalue weighted by molar-refractivity contribution is -0.138. The number of benzene rings is 2. The van der Waals surface area contributed by atoms with Crippen molar-refractivity contribution in [1.29, 1.82) is 0 Å². The van der Waals surface area contributed by atoms with Crippen molar-refractivity contribution in [2.75, 3.05) is 0 Å². The third-order valence-corrected chi connectivity index (χ3v) is 3.79. The van der Waals surface area contributed by atoms with Crippen molar-refractivity contribution >= 4 is 5.97 Å². The summed E-state index contributed by atoms with van der Waals surface area (Å²) >= 11 is 0. The Morgan fingerprint density at radius 2 is 1.48 bits per heavy atom. The van der Waals surface area contributed by atoms with E-state index in [9.17, 15) is 9.90 Å². The van der Waals surface area contributed by atoms with Gasteiger partial charge in [0, 0.05) is 0 Å². The molecule has 0 spiro atoms. The van der Waals surface area contributed by atoms with Crippen molar-refractivity contribution < 1.29 is 19.7 Å². The first-order chi connectivity index (χ1) is 10.7. The Morgan fingerprint density at radius 3 is 1.91 bits per heavy atom. The van der Waals surface area contributed by atoms with Gasteiger partial charge in [-0.2, -0.15) is 0 Å². The molecule has 23 heavy (non-hydrogen) atoms. The lowest BCUT2D eigenvalue weighted by atomic mass is 10.0. The lowest BCUT2D eigenvalue weighted by Crippen LogP contribution is -2.20. The third-order valence-electron chi connectivity index (χ3n) is 3.79. The summed E-state index contributed by atoms with van der Waals surface area (Å²) in [6, 6.07) is 5.92. The smallest absolute Gasteiger partial charge is 0.325 e. The molecule has 0 saturated heterocycles. The fourth-order valence-corrected chi connectivity index (χ4v) is 2.56. The van der Waals surface area contributed by atoms with Crippen LogP contribution in [0.2, 0.25) is 0 Å². The van der Waals surface area contributed by atoms with Crippen molar-refractivity contribution in [3.05, 3.63) is 52.1 Å². The van der Waals surface area contributed by atoms with Crippen LogP contribution in [0.5, 0.6) is 17.2 Å². The summed E-state index contributed by atoms with van der Waals surface area (Å²) in [5.74, 6) is 0.478. The van der Waals surface area contributed by atoms with E-state index < -0.39 is 12.0 Å². The second-order valence-electron chi connectivity index (χ2n) is 5.81. The highest BCUT2D eigenvalue weighted by Crippen LogP contribution is 2.34. The molecule has 0 amide bonds. The normalized spacial score (nSPS) is 12.0. The van der Waals surface area contributed by atoms with Crippen LogP contribution in [0.3, 0.4) is 0 Å². The molecule has 0 aliphatic rings. The van der Waals surface area contributed by atoms with Gasteiger partial charge < -0.3 is 20.7 Å². The summed E-state index contributed by atoms with van der Waals surface area (Å²) in [6.45, 7) is 7.31. The molecule has 0 fully saturated rings. The predicted molar refractivity (Wildman–Crippen MR) is 88.1 cm³/mol. The maximum atomic E-state index is 11.0. The average molecular weight is 315 g/mol. The molecule has 2 aromatic carbocycles. The molecule has 0 saturated carbocycles. The third kappa shape index (κ3) is 3.46. The second-order valence-corrected chi connectivity index (χ2v) is 5.81. The van der Waals surface area contributed by atoms with Crippen LogP contribution in [0.15, 0.2) is 24.3 Å². The standard InChI is InChI=1S/C18H21NO4/c1-9-7-14(8-10(2)16(9)20)23-17-11(3)5-13(6-12(17)4)15(19)18(21)22/h5-8,15,20H,19H2,1-4H3,(H,21,22). The highest BCUT2D eigenvalue weighted by atomic mass is 16.5. The van der Waals surface area contributed by atoms with E-state index >= 15 is 0 Å². The zero-order valence-electron chi connectivity index (χ0n) is 13.7. The van der Waals surface area contributed by atoms with Crippen LogP contribution < -0.4 is 10.5 Å². The van der Waals surface area contributed by atoms with Crippen LogP contribution in [0, 0.1) is 27.7 Å². The van der Waals surface area contributed by atoms with E-state index in [1.165, 1.54) is 0 Å². The number of hydrogen-bond donors (Lipinski definition) is 3. The number of carbonyl (C=O) groups is 1. The number of aliphatic carboxylic acids is 1. The number of aromatic hydroxyl groups is 1. The minimum Gasteiger partial charge on any atom is -0.507 e. The zero-order valence-corrected chi connectivity index (χ0v) is 13.7. The number of carboxylic acid groups (broad SMARTS) is 1. The molecule has 122 valence electrons. The van der Waals surface area contributed by atoms with E-state index in [0.717, 1.165) is 22.3 Å². The number of phenolic OH excluding ortho intramolecular Hbond substituents is 1. The first-order valence-electron chi connectivity index (χ1n) is 7.28. The van der Waals surface area contributed by atoms with Crippen molar-refractivity contribution in [1.82, 2.24) is 0 Å². The molecule has 0 aliphatic heterocycles. The van der Waals surface area contributed by atoms with Gasteiger partial charge in [0.1, 0.15) is 23.3 Å². The Labute approximate surface area is 135 Å². The number of phenols is 1. The first kappa shape index (κ1) is 16.8. The van der Waals surface area contributed by atoms with Crippen LogP contribution in [0.4, 0.5) is 0 Å². The molecular formula is C18H21NO4. The number of aryl methyl sites for hydroxylation is 4. The van der Waals surface area contributed by atoms with Crippen LogP contribution in [-0.4, -0.2) is 16.2 Å². The van der Waals surface area contributed by atoms with Crippen LogP contribution in [0.25, 0.3) is 0 Å². The zero-order chi connectivity index (χ0) is 17.3. The molecular weight excluding hydrogens is 294 g/mol. The number of rotatable bonds is 4. The fourth-order valence-electron chi connectivity index (χ4n) is 2.56. The Bertz CT molecular complexity index is 722. The summed E-state index contributed by atoms with van der Waals surface area (Å²) in [6.07, 6.45) is 0. The van der Waals surface area contributed by atoms with E-state index in [-0.39, 0.29) is 5.75 Å². The van der Waals surface area contributed by atoms with Gasteiger partial charge in [-0.15, -0.1) is 0 Å². The van der Waals surface area contributed by atoms with Gasteiger partial charge >= 0.3 is 5.97 Å². The summed E-state index contributed by atoms with van der Waals surface area (Å²) in [5, 5.41) is 18.9. The van der Waals surface area contributed by atoms with Gasteiger partial charge in [-0.25, -0.2) is 0 Å². The maximum absolute atomic E-state index is 11.0. The average Bonchev–Trinajstić information content (AvgIpc) is 2.47. The molecule has 0 aliphatic carbocycles. The van der Waals surface area contributed by atoms with E-state index in [4.69, 9.17) is 15.6 Å². The SMILES string of the molecule is Cc1cc(Oc2c(C)cc(C(N)C(=O)O)cc2C)cc(C)c1O. The van der Waals surface area contributed by atoms with Crippen molar-refractivity contribution in [2.24, 2.45) is 5.73 Å². The molecule has 0 radical (unpaired) electrons. The molecule has 5 nitrogen and oxygen atoms in total. The van der Waals surface area contributed by atoms with E-state index in [2.05, 4.69) is 0 Å². The number of ether oxygens (including phenoxy) is 1. The molecule has 4 N–H and O–H groups in total. The van der Waals surface area contributed by atoms with Gasteiger partial charge in [0.05, 0.1) is 0 Å². The topological polar surface area (TPSA) is 92.8 Å². The lowest BCUT2D eigenvalue weighted by Gasteiger charge is -2.16. The molecule has 0 aromatic heterocycles. The Kier molecular flexibility index (Phi) is 4.61. The van der Waals surface area contributed by atoms with E-state index in [1.54, 1.807) is 24.3 Å². The van der Waals surface area contributed by atoms with Gasteiger partial charge in [-0.3, -0.25) is 4.79 Å². The van der Waals surface area contributed by atoms with Crippen LogP contribution in [-0.2, 0) is 4.79 Å². The predicted octanol–water partition coefficient (Wildman–Crippen LogP) is 3.50. The first-order valence-corrected chi connectivity index (χ1v) is 7.28. The Hall–Kier alpha value is -2.53. The minimum absolute atomic E-state index is 0.258. The summed E-state index contributed by atoms with van der Waals surface area (Å²) < 4.78 is 5.95. The second kappa shape index (κ2) is 6.30. The molecule has 2 aromatic rings. The molecule has 1 unspecified atom stereocenters. The van der Waals surface area contributed by atoms with Gasteiger partial charge in [0.15, 0.2) is 0 Å². The Balaban J connectivity index is 2.40. The highest BCUT2D eigenvalue weighted by Gasteiger charge is 2.17. The highest BCUT2D eigenvalue weighted by molar-refractivity contribution is 5.75. The van der Waals surface area contributed by atoms with E-state index in [0.29, 0.717) is 17.1 Å². The van der Waals surface area contributed by atoms with Gasteiger partial charge in [-0.1, -0.05) is 12.1 Å². The number of hydrogen-bond acceptors (Lipinski definition) is 4. The monoisotopic (exact) mass is 315 g/mol. The summed E-state index contributed by atoms with van der Waals surface area (Å²) in [7, 11) is 0. The van der Waals surface area contributed by atoms with Gasteiger partial charge in [0.2, 0.25) is 0 Å². The maximum Gasteiger partial charge on any atom is 0.325 e. The van der Waals surface area contributed by atoms with Crippen molar-refractivity contribution in [3.63, 3.8) is 0 Å². The van der Waals surface area contributed by atoms with Crippen molar-refractivity contribution in [2.45, 2.75) is 33.7 Å². The van der Waals surface area contributed by atoms with Gasteiger partial charge in [0.25, 0.3) is 0 Å². The molecule has 2 rings (SSSR count). The molecule has 0 bridgehead atoms. The van der Waals surface area contributed by atoms with Crippen molar-refractivity contribution in [3.8, 4) is 17.2 Å². The minimum atomic E-state index is -1.07. The number of carboxylic acids is 1.